The zero-order valence-electron chi connectivity index (χ0n) is 18.8. The zero-order valence-corrected chi connectivity index (χ0v) is 20.4. The van der Waals surface area contributed by atoms with Crippen LogP contribution >= 0.6 is 23.1 Å². The number of nitrogens with zero attached hydrogens (tertiary/aromatic N) is 2. The summed E-state index contributed by atoms with van der Waals surface area (Å²) in [6, 6.07) is 15.9. The number of nitrogens with one attached hydrogen (secondary N) is 1. The lowest BCUT2D eigenvalue weighted by Gasteiger charge is -2.11. The molecule has 33 heavy (non-hydrogen) atoms. The van der Waals surface area contributed by atoms with Gasteiger partial charge >= 0.3 is 0 Å². The van der Waals surface area contributed by atoms with E-state index in [1.165, 1.54) is 21.1 Å². The number of rotatable bonds is 8. The second-order valence-electron chi connectivity index (χ2n) is 7.58. The number of ether oxygens (including phenoxy) is 1. The Bertz CT molecular complexity index is 1220. The van der Waals surface area contributed by atoms with E-state index >= 15 is 0 Å². The summed E-state index contributed by atoms with van der Waals surface area (Å²) in [6.45, 7) is 7.03. The molecule has 5 nitrogen and oxygen atoms in total. The average molecular weight is 476 g/mol. The molecule has 0 fully saturated rings. The number of pyridine rings is 1. The SMILES string of the molecule is CCCOc1ccc(Sc2cc(C)c(-c3csc(NC(=O)c4ccncc4)n3)c(C)c2)cc1. The van der Waals surface area contributed by atoms with Gasteiger partial charge in [0.1, 0.15) is 5.75 Å². The highest BCUT2D eigenvalue weighted by Crippen LogP contribution is 2.36. The van der Waals surface area contributed by atoms with Gasteiger partial charge in [0.05, 0.1) is 12.3 Å². The predicted molar refractivity (Wildman–Crippen MR) is 136 cm³/mol. The fourth-order valence-electron chi connectivity index (χ4n) is 3.47. The molecule has 7 heteroatoms. The van der Waals surface area contributed by atoms with Crippen LogP contribution in [0.4, 0.5) is 5.13 Å². The minimum Gasteiger partial charge on any atom is -0.494 e. The van der Waals surface area contributed by atoms with Crippen LogP contribution in [-0.2, 0) is 0 Å². The van der Waals surface area contributed by atoms with Crippen molar-refractivity contribution in [3.63, 3.8) is 0 Å². The van der Waals surface area contributed by atoms with Gasteiger partial charge in [0.15, 0.2) is 5.13 Å². The molecule has 0 unspecified atom stereocenters. The first-order valence-corrected chi connectivity index (χ1v) is 12.4. The van der Waals surface area contributed by atoms with Crippen molar-refractivity contribution in [2.75, 3.05) is 11.9 Å². The van der Waals surface area contributed by atoms with Gasteiger partial charge in [0, 0.05) is 38.7 Å². The molecular formula is C26H25N3O2S2. The van der Waals surface area contributed by atoms with E-state index in [4.69, 9.17) is 4.74 Å². The highest BCUT2D eigenvalue weighted by Gasteiger charge is 2.14. The largest absolute Gasteiger partial charge is 0.494 e. The molecule has 0 atom stereocenters. The zero-order chi connectivity index (χ0) is 23.2. The van der Waals surface area contributed by atoms with Crippen molar-refractivity contribution < 1.29 is 9.53 Å². The fraction of sp³-hybridized carbons (Fsp3) is 0.192. The summed E-state index contributed by atoms with van der Waals surface area (Å²) in [6.07, 6.45) is 4.20. The van der Waals surface area contributed by atoms with Crippen molar-refractivity contribution in [1.82, 2.24) is 9.97 Å². The number of aromatic nitrogens is 2. The first-order valence-electron chi connectivity index (χ1n) is 10.7. The monoisotopic (exact) mass is 475 g/mol. The Morgan fingerprint density at radius 1 is 1.03 bits per heavy atom. The maximum absolute atomic E-state index is 12.4. The predicted octanol–water partition coefficient (Wildman–Crippen LogP) is 7.01. The molecule has 1 amide bonds. The third-order valence-corrected chi connectivity index (χ3v) is 6.70. The Hall–Kier alpha value is -3.16. The van der Waals surface area contributed by atoms with E-state index in [2.05, 4.69) is 60.3 Å². The van der Waals surface area contributed by atoms with Crippen molar-refractivity contribution >= 4 is 34.1 Å². The molecule has 168 valence electrons. The summed E-state index contributed by atoms with van der Waals surface area (Å²) in [5.74, 6) is 0.712. The standard InChI is InChI=1S/C26H25N3O2S2/c1-4-13-31-20-5-7-21(8-6-20)33-22-14-17(2)24(18(3)15-22)23-16-32-26(28-23)29-25(30)19-9-11-27-12-10-19/h5-12,14-16H,4,13H2,1-3H3,(H,28,29,30). The number of benzene rings is 2. The second-order valence-corrected chi connectivity index (χ2v) is 9.59. The molecule has 0 aliphatic rings. The Balaban J connectivity index is 1.48. The molecular weight excluding hydrogens is 450 g/mol. The van der Waals surface area contributed by atoms with Gasteiger partial charge in [-0.25, -0.2) is 4.98 Å². The number of anilines is 1. The van der Waals surface area contributed by atoms with E-state index in [-0.39, 0.29) is 5.91 Å². The van der Waals surface area contributed by atoms with E-state index < -0.39 is 0 Å². The van der Waals surface area contributed by atoms with Crippen LogP contribution in [0.1, 0.15) is 34.8 Å². The van der Waals surface area contributed by atoms with Gasteiger partial charge in [-0.1, -0.05) is 18.7 Å². The van der Waals surface area contributed by atoms with Crippen LogP contribution < -0.4 is 10.1 Å². The van der Waals surface area contributed by atoms with Crippen LogP contribution in [0.15, 0.2) is 76.1 Å². The first-order chi connectivity index (χ1) is 16.0. The minimum atomic E-state index is -0.190. The lowest BCUT2D eigenvalue weighted by atomic mass is 10.0. The van der Waals surface area contributed by atoms with Crippen molar-refractivity contribution in [1.29, 1.82) is 0 Å². The molecule has 2 aromatic heterocycles. The number of hydrogen-bond acceptors (Lipinski definition) is 6. The molecule has 0 aliphatic carbocycles. The number of aryl methyl sites for hydroxylation is 2. The van der Waals surface area contributed by atoms with Gasteiger partial charge in [-0.3, -0.25) is 15.1 Å². The molecule has 0 spiro atoms. The molecule has 0 radical (unpaired) electrons. The second kappa shape index (κ2) is 10.6. The highest BCUT2D eigenvalue weighted by molar-refractivity contribution is 7.99. The third kappa shape index (κ3) is 5.80. The Labute approximate surface area is 202 Å². The normalized spacial score (nSPS) is 10.8. The quantitative estimate of drug-likeness (QED) is 0.297. The van der Waals surface area contributed by atoms with Gasteiger partial charge in [0.25, 0.3) is 5.91 Å². The lowest BCUT2D eigenvalue weighted by Crippen LogP contribution is -2.11. The maximum atomic E-state index is 12.4. The smallest absolute Gasteiger partial charge is 0.257 e. The summed E-state index contributed by atoms with van der Waals surface area (Å²) < 4.78 is 5.67. The first kappa shape index (κ1) is 23.0. The van der Waals surface area contributed by atoms with Crippen molar-refractivity contribution in [3.05, 3.63) is 83.0 Å². The van der Waals surface area contributed by atoms with Crippen LogP contribution in [0.2, 0.25) is 0 Å². The van der Waals surface area contributed by atoms with E-state index in [1.54, 1.807) is 36.3 Å². The Kier molecular flexibility index (Phi) is 7.42. The minimum absolute atomic E-state index is 0.190. The van der Waals surface area contributed by atoms with Gasteiger partial charge in [-0.05, 0) is 79.9 Å². The van der Waals surface area contributed by atoms with Crippen LogP contribution in [0.5, 0.6) is 5.75 Å². The molecule has 0 saturated heterocycles. The molecule has 2 heterocycles. The van der Waals surface area contributed by atoms with E-state index in [0.29, 0.717) is 10.7 Å². The molecule has 1 N–H and O–H groups in total. The van der Waals surface area contributed by atoms with E-state index in [9.17, 15) is 4.79 Å². The summed E-state index contributed by atoms with van der Waals surface area (Å²) >= 11 is 3.15. The van der Waals surface area contributed by atoms with Crippen molar-refractivity contribution in [2.45, 2.75) is 37.0 Å². The van der Waals surface area contributed by atoms with Crippen LogP contribution in [0.25, 0.3) is 11.3 Å². The lowest BCUT2D eigenvalue weighted by molar-refractivity contribution is 0.102. The third-order valence-electron chi connectivity index (χ3n) is 4.96. The summed E-state index contributed by atoms with van der Waals surface area (Å²) in [5, 5.41) is 5.44. The molecule has 4 aromatic rings. The van der Waals surface area contributed by atoms with E-state index in [1.807, 2.05) is 17.5 Å². The number of amides is 1. The number of thiazole rings is 1. The topological polar surface area (TPSA) is 64.1 Å². The summed E-state index contributed by atoms with van der Waals surface area (Å²) in [5.41, 5.74) is 4.83. The fourth-order valence-corrected chi connectivity index (χ4v) is 5.18. The van der Waals surface area contributed by atoms with E-state index in [0.717, 1.165) is 41.2 Å². The molecule has 4 rings (SSSR count). The highest BCUT2D eigenvalue weighted by atomic mass is 32.2. The van der Waals surface area contributed by atoms with Gasteiger partial charge in [0.2, 0.25) is 0 Å². The molecule has 0 saturated carbocycles. The van der Waals surface area contributed by atoms with Crippen molar-refractivity contribution in [3.8, 4) is 17.0 Å². The molecule has 2 aromatic carbocycles. The van der Waals surface area contributed by atoms with Crippen LogP contribution in [-0.4, -0.2) is 22.5 Å². The molecule has 0 bridgehead atoms. The van der Waals surface area contributed by atoms with Gasteiger partial charge in [-0.15, -0.1) is 11.3 Å². The molecule has 0 aliphatic heterocycles. The Morgan fingerprint density at radius 2 is 1.73 bits per heavy atom. The maximum Gasteiger partial charge on any atom is 0.257 e. The van der Waals surface area contributed by atoms with Crippen LogP contribution in [0, 0.1) is 13.8 Å². The summed E-state index contributed by atoms with van der Waals surface area (Å²) in [4.78, 5) is 23.4. The average Bonchev–Trinajstić information content (AvgIpc) is 3.26. The van der Waals surface area contributed by atoms with Crippen molar-refractivity contribution in [2.24, 2.45) is 0 Å². The van der Waals surface area contributed by atoms with Gasteiger partial charge < -0.3 is 4.74 Å². The summed E-state index contributed by atoms with van der Waals surface area (Å²) in [7, 11) is 0. The Morgan fingerprint density at radius 3 is 2.39 bits per heavy atom. The van der Waals surface area contributed by atoms with Crippen LogP contribution in [0.3, 0.4) is 0 Å². The van der Waals surface area contributed by atoms with Gasteiger partial charge in [-0.2, -0.15) is 0 Å². The number of hydrogen-bond donors (Lipinski definition) is 1. The number of carbonyl (C=O) groups excluding carboxylic acids is 1. The number of carbonyl (C=O) groups is 1.